The van der Waals surface area contributed by atoms with Gasteiger partial charge in [-0.1, -0.05) is 13.0 Å². The molecule has 1 unspecified atom stereocenters. The van der Waals surface area contributed by atoms with Crippen molar-refractivity contribution in [1.29, 1.82) is 0 Å². The van der Waals surface area contributed by atoms with Gasteiger partial charge in [0.1, 0.15) is 5.75 Å². The second-order valence-electron chi connectivity index (χ2n) is 7.70. The van der Waals surface area contributed by atoms with Crippen molar-refractivity contribution in [1.82, 2.24) is 4.90 Å². The van der Waals surface area contributed by atoms with Gasteiger partial charge in [-0.05, 0) is 81.5 Å². The number of anilines is 1. The predicted octanol–water partition coefficient (Wildman–Crippen LogP) is 5.05. The monoisotopic (exact) mass is 394 g/mol. The molecule has 1 heterocycles. The minimum Gasteiger partial charge on any atom is -0.494 e. The van der Waals surface area contributed by atoms with Crippen molar-refractivity contribution >= 4 is 17.5 Å². The molecule has 1 atom stereocenters. The maximum absolute atomic E-state index is 12.9. The van der Waals surface area contributed by atoms with Crippen LogP contribution in [0.3, 0.4) is 0 Å². The molecule has 0 bridgehead atoms. The largest absolute Gasteiger partial charge is 0.494 e. The van der Waals surface area contributed by atoms with Gasteiger partial charge >= 0.3 is 0 Å². The summed E-state index contributed by atoms with van der Waals surface area (Å²) in [4.78, 5) is 27.5. The van der Waals surface area contributed by atoms with Crippen LogP contribution in [0.4, 0.5) is 5.69 Å². The lowest BCUT2D eigenvalue weighted by atomic mass is 10.0. The van der Waals surface area contributed by atoms with Crippen LogP contribution in [0.5, 0.6) is 5.75 Å². The lowest BCUT2D eigenvalue weighted by molar-refractivity contribution is 0.0635. The van der Waals surface area contributed by atoms with E-state index in [0.29, 0.717) is 29.2 Å². The number of carbonyl (C=O) groups is 2. The van der Waals surface area contributed by atoms with Crippen LogP contribution in [0.1, 0.15) is 65.8 Å². The fourth-order valence-electron chi connectivity index (χ4n) is 3.64. The fourth-order valence-corrected chi connectivity index (χ4v) is 3.64. The Kier molecular flexibility index (Phi) is 6.91. The zero-order chi connectivity index (χ0) is 20.8. The summed E-state index contributed by atoms with van der Waals surface area (Å²) >= 11 is 0. The van der Waals surface area contributed by atoms with E-state index in [1.165, 1.54) is 6.42 Å². The molecule has 1 aliphatic rings. The highest BCUT2D eigenvalue weighted by molar-refractivity contribution is 6.05. The molecule has 0 aliphatic carbocycles. The van der Waals surface area contributed by atoms with Gasteiger partial charge in [-0.15, -0.1) is 0 Å². The van der Waals surface area contributed by atoms with Crippen LogP contribution in [0, 0.1) is 6.92 Å². The van der Waals surface area contributed by atoms with E-state index in [1.807, 2.05) is 43.0 Å². The number of likely N-dealkylation sites (tertiary alicyclic amines) is 1. The Hall–Kier alpha value is -2.82. The first kappa shape index (κ1) is 20.9. The van der Waals surface area contributed by atoms with E-state index in [4.69, 9.17) is 4.74 Å². The van der Waals surface area contributed by atoms with Crippen molar-refractivity contribution in [3.8, 4) is 5.75 Å². The number of aryl methyl sites for hydroxylation is 1. The zero-order valence-corrected chi connectivity index (χ0v) is 17.5. The second-order valence-corrected chi connectivity index (χ2v) is 7.70. The summed E-state index contributed by atoms with van der Waals surface area (Å²) in [7, 11) is 0. The van der Waals surface area contributed by atoms with Crippen LogP contribution in [-0.2, 0) is 0 Å². The minimum atomic E-state index is -0.196. The predicted molar refractivity (Wildman–Crippen MR) is 116 cm³/mol. The number of amides is 2. The van der Waals surface area contributed by atoms with Gasteiger partial charge in [-0.2, -0.15) is 0 Å². The molecule has 1 aliphatic heterocycles. The summed E-state index contributed by atoms with van der Waals surface area (Å²) in [5.41, 5.74) is 2.79. The molecule has 3 rings (SSSR count). The highest BCUT2D eigenvalue weighted by atomic mass is 16.5. The van der Waals surface area contributed by atoms with E-state index < -0.39 is 0 Å². The van der Waals surface area contributed by atoms with Gasteiger partial charge in [0.25, 0.3) is 11.8 Å². The van der Waals surface area contributed by atoms with Gasteiger partial charge < -0.3 is 15.0 Å². The van der Waals surface area contributed by atoms with Gasteiger partial charge in [0.2, 0.25) is 0 Å². The maximum atomic E-state index is 12.9. The molecular weight excluding hydrogens is 364 g/mol. The number of rotatable bonds is 6. The fraction of sp³-hybridized carbons (Fsp3) is 0.417. The van der Waals surface area contributed by atoms with Crippen LogP contribution in [0.2, 0.25) is 0 Å². The van der Waals surface area contributed by atoms with Gasteiger partial charge in [-0.25, -0.2) is 0 Å². The molecule has 0 saturated carbocycles. The van der Waals surface area contributed by atoms with Gasteiger partial charge in [0.15, 0.2) is 0 Å². The molecule has 29 heavy (non-hydrogen) atoms. The Morgan fingerprint density at radius 3 is 2.69 bits per heavy atom. The van der Waals surface area contributed by atoms with Crippen molar-refractivity contribution < 1.29 is 14.3 Å². The summed E-state index contributed by atoms with van der Waals surface area (Å²) in [5, 5.41) is 2.94. The Morgan fingerprint density at radius 2 is 1.97 bits per heavy atom. The smallest absolute Gasteiger partial charge is 0.255 e. The number of nitrogens with zero attached hydrogens (tertiary/aromatic N) is 1. The molecule has 154 valence electrons. The summed E-state index contributed by atoms with van der Waals surface area (Å²) in [6.07, 6.45) is 4.21. The molecule has 2 aromatic rings. The summed E-state index contributed by atoms with van der Waals surface area (Å²) in [6.45, 7) is 7.49. The van der Waals surface area contributed by atoms with E-state index in [0.717, 1.165) is 31.4 Å². The molecule has 5 nitrogen and oxygen atoms in total. The highest BCUT2D eigenvalue weighted by Gasteiger charge is 2.24. The third kappa shape index (κ3) is 5.17. The summed E-state index contributed by atoms with van der Waals surface area (Å²) < 4.78 is 5.61. The standard InChI is InChI=1S/C24H30N2O3/c1-4-14-29-21-10-7-9-19(16-21)23(27)25-22-12-11-20(15-17(22)2)24(28)26-13-6-5-8-18(26)3/h7,9-12,15-16,18H,4-6,8,13-14H2,1-3H3,(H,25,27). The number of piperidine rings is 1. The second kappa shape index (κ2) is 9.59. The van der Waals surface area contributed by atoms with Gasteiger partial charge in [0.05, 0.1) is 6.61 Å². The average Bonchev–Trinajstić information content (AvgIpc) is 2.73. The maximum Gasteiger partial charge on any atom is 0.255 e. The lowest BCUT2D eigenvalue weighted by Crippen LogP contribution is -2.42. The molecule has 2 amide bonds. The molecule has 0 spiro atoms. The first-order valence-electron chi connectivity index (χ1n) is 10.5. The van der Waals surface area contributed by atoms with Crippen LogP contribution in [-0.4, -0.2) is 35.9 Å². The molecule has 1 fully saturated rings. The van der Waals surface area contributed by atoms with Crippen LogP contribution in [0.15, 0.2) is 42.5 Å². The topological polar surface area (TPSA) is 58.6 Å². The van der Waals surface area contributed by atoms with Crippen molar-refractivity contribution in [2.75, 3.05) is 18.5 Å². The van der Waals surface area contributed by atoms with Crippen molar-refractivity contribution in [3.05, 3.63) is 59.2 Å². The summed E-state index contributed by atoms with van der Waals surface area (Å²) in [6, 6.07) is 12.9. The Morgan fingerprint density at radius 1 is 1.14 bits per heavy atom. The number of hydrogen-bond acceptors (Lipinski definition) is 3. The Bertz CT molecular complexity index is 878. The molecular formula is C24H30N2O3. The molecule has 1 N–H and O–H groups in total. The molecule has 1 saturated heterocycles. The van der Waals surface area contributed by atoms with E-state index in [1.54, 1.807) is 18.2 Å². The van der Waals surface area contributed by atoms with Crippen LogP contribution < -0.4 is 10.1 Å². The van der Waals surface area contributed by atoms with Crippen molar-refractivity contribution in [2.45, 2.75) is 52.5 Å². The van der Waals surface area contributed by atoms with E-state index in [-0.39, 0.29) is 17.9 Å². The lowest BCUT2D eigenvalue weighted by Gasteiger charge is -2.33. The first-order chi connectivity index (χ1) is 14.0. The SMILES string of the molecule is CCCOc1cccc(C(=O)Nc2ccc(C(=O)N3CCCCC3C)cc2C)c1. The third-order valence-electron chi connectivity index (χ3n) is 5.35. The molecule has 2 aromatic carbocycles. The number of hydrogen-bond donors (Lipinski definition) is 1. The number of benzene rings is 2. The van der Waals surface area contributed by atoms with Crippen molar-refractivity contribution in [2.24, 2.45) is 0 Å². The molecule has 5 heteroatoms. The quantitative estimate of drug-likeness (QED) is 0.746. The first-order valence-corrected chi connectivity index (χ1v) is 10.5. The minimum absolute atomic E-state index is 0.0685. The molecule has 0 radical (unpaired) electrons. The van der Waals surface area contributed by atoms with E-state index >= 15 is 0 Å². The molecule has 0 aromatic heterocycles. The average molecular weight is 395 g/mol. The highest BCUT2D eigenvalue weighted by Crippen LogP contribution is 2.23. The number of nitrogens with one attached hydrogen (secondary N) is 1. The van der Waals surface area contributed by atoms with Gasteiger partial charge in [-0.3, -0.25) is 9.59 Å². The zero-order valence-electron chi connectivity index (χ0n) is 17.5. The number of carbonyl (C=O) groups excluding carboxylic acids is 2. The van der Waals surface area contributed by atoms with Crippen LogP contribution >= 0.6 is 0 Å². The Labute approximate surface area is 173 Å². The number of ether oxygens (including phenoxy) is 1. The Balaban J connectivity index is 1.70. The van der Waals surface area contributed by atoms with Gasteiger partial charge in [0, 0.05) is 29.4 Å². The van der Waals surface area contributed by atoms with E-state index in [2.05, 4.69) is 12.2 Å². The normalized spacial score (nSPS) is 16.4. The van der Waals surface area contributed by atoms with Crippen molar-refractivity contribution in [3.63, 3.8) is 0 Å². The van der Waals surface area contributed by atoms with Crippen LogP contribution in [0.25, 0.3) is 0 Å². The third-order valence-corrected chi connectivity index (χ3v) is 5.35. The summed E-state index contributed by atoms with van der Waals surface area (Å²) in [5.74, 6) is 0.561. The van der Waals surface area contributed by atoms with E-state index in [9.17, 15) is 9.59 Å².